The van der Waals surface area contributed by atoms with E-state index in [0.717, 1.165) is 50.6 Å². The van der Waals surface area contributed by atoms with Crippen LogP contribution in [0.25, 0.3) is 11.3 Å². The fourth-order valence-corrected chi connectivity index (χ4v) is 4.55. The minimum atomic E-state index is -0.650. The zero-order valence-electron chi connectivity index (χ0n) is 21.2. The van der Waals surface area contributed by atoms with Crippen molar-refractivity contribution in [1.82, 2.24) is 15.0 Å². The Morgan fingerprint density at radius 2 is 1.92 bits per heavy atom. The number of hydrogen-bond acceptors (Lipinski definition) is 6. The van der Waals surface area contributed by atoms with E-state index in [-0.39, 0.29) is 12.2 Å². The van der Waals surface area contributed by atoms with E-state index in [1.54, 1.807) is 12.5 Å². The van der Waals surface area contributed by atoms with E-state index >= 15 is 0 Å². The summed E-state index contributed by atoms with van der Waals surface area (Å²) < 4.78 is 0. The number of pyridine rings is 1. The summed E-state index contributed by atoms with van der Waals surface area (Å²) in [6.07, 6.45) is 6.85. The molecular formula is C31H27N5O. The third-order valence-corrected chi connectivity index (χ3v) is 6.87. The lowest BCUT2D eigenvalue weighted by molar-refractivity contribution is 0.0993. The summed E-state index contributed by atoms with van der Waals surface area (Å²) in [6, 6.07) is 19.8. The number of benzene rings is 2. The van der Waals surface area contributed by atoms with Gasteiger partial charge in [-0.2, -0.15) is 5.26 Å². The Labute approximate surface area is 216 Å². The van der Waals surface area contributed by atoms with Crippen LogP contribution in [0, 0.1) is 18.3 Å². The number of aromatic nitrogens is 3. The van der Waals surface area contributed by atoms with Gasteiger partial charge in [0.1, 0.15) is 17.7 Å². The van der Waals surface area contributed by atoms with Gasteiger partial charge >= 0.3 is 0 Å². The number of Topliss-reactive ketones (excluding diaryl/α,β-unsaturated/α-hetero) is 1. The van der Waals surface area contributed by atoms with E-state index in [9.17, 15) is 10.1 Å². The minimum Gasteiger partial charge on any atom is -0.294 e. The predicted octanol–water partition coefficient (Wildman–Crippen LogP) is 5.92. The fourth-order valence-electron chi connectivity index (χ4n) is 4.55. The number of rotatable bonds is 7. The summed E-state index contributed by atoms with van der Waals surface area (Å²) in [7, 11) is 0. The Morgan fingerprint density at radius 3 is 2.76 bits per heavy atom. The molecule has 0 fully saturated rings. The molecule has 182 valence electrons. The van der Waals surface area contributed by atoms with Crippen LogP contribution in [-0.4, -0.2) is 26.9 Å². The number of ketones is 1. The maximum Gasteiger partial charge on any atom is 0.167 e. The molecular weight excluding hydrogens is 458 g/mol. The van der Waals surface area contributed by atoms with Crippen molar-refractivity contribution >= 4 is 17.7 Å². The maximum absolute atomic E-state index is 13.2. The molecule has 0 atom stereocenters. The summed E-state index contributed by atoms with van der Waals surface area (Å²) in [5, 5.41) is 9.47. The van der Waals surface area contributed by atoms with Crippen molar-refractivity contribution in [3.05, 3.63) is 106 Å². The summed E-state index contributed by atoms with van der Waals surface area (Å²) in [5.74, 6) is 0.0262. The molecule has 0 spiro atoms. The van der Waals surface area contributed by atoms with E-state index < -0.39 is 5.41 Å². The number of carbonyl (C=O) groups is 1. The van der Waals surface area contributed by atoms with E-state index in [2.05, 4.69) is 40.1 Å². The largest absolute Gasteiger partial charge is 0.294 e. The van der Waals surface area contributed by atoms with Crippen LogP contribution in [0.2, 0.25) is 0 Å². The molecule has 1 aliphatic rings. The van der Waals surface area contributed by atoms with Gasteiger partial charge in [0.25, 0.3) is 0 Å². The molecule has 2 aromatic heterocycles. The van der Waals surface area contributed by atoms with Crippen LogP contribution in [0.5, 0.6) is 0 Å². The van der Waals surface area contributed by atoms with E-state index in [4.69, 9.17) is 4.98 Å². The Balaban J connectivity index is 1.42. The highest BCUT2D eigenvalue weighted by molar-refractivity contribution is 5.97. The van der Waals surface area contributed by atoms with Crippen LogP contribution in [0.15, 0.2) is 72.1 Å². The van der Waals surface area contributed by atoms with Gasteiger partial charge in [-0.05, 0) is 61.2 Å². The molecule has 0 saturated carbocycles. The van der Waals surface area contributed by atoms with Crippen molar-refractivity contribution < 1.29 is 4.79 Å². The fraction of sp³-hybridized carbons (Fsp3) is 0.226. The molecule has 0 aliphatic carbocycles. The van der Waals surface area contributed by atoms with E-state index in [0.29, 0.717) is 18.4 Å². The predicted molar refractivity (Wildman–Crippen MR) is 144 cm³/mol. The highest BCUT2D eigenvalue weighted by Crippen LogP contribution is 2.35. The van der Waals surface area contributed by atoms with Crippen LogP contribution in [0.4, 0.5) is 5.69 Å². The van der Waals surface area contributed by atoms with Crippen molar-refractivity contribution in [2.24, 2.45) is 4.99 Å². The number of fused-ring (bicyclic) bond motifs is 1. The lowest BCUT2D eigenvalue weighted by Crippen LogP contribution is -2.15. The van der Waals surface area contributed by atoms with Gasteiger partial charge in [-0.15, -0.1) is 0 Å². The molecule has 3 heterocycles. The summed E-state index contributed by atoms with van der Waals surface area (Å²) in [4.78, 5) is 31.3. The number of aryl methyl sites for hydroxylation is 1. The van der Waals surface area contributed by atoms with Gasteiger partial charge in [-0.25, -0.2) is 9.97 Å². The molecule has 2 aromatic carbocycles. The van der Waals surface area contributed by atoms with Crippen LogP contribution < -0.4 is 0 Å². The normalized spacial score (nSPS) is 12.3. The number of carbonyl (C=O) groups excluding carboxylic acids is 1. The van der Waals surface area contributed by atoms with Crippen molar-refractivity contribution in [3.63, 3.8) is 0 Å². The van der Waals surface area contributed by atoms with Crippen LogP contribution in [-0.2, 0) is 24.7 Å². The molecule has 5 rings (SSSR count). The quantitative estimate of drug-likeness (QED) is 0.303. The van der Waals surface area contributed by atoms with Gasteiger partial charge < -0.3 is 0 Å². The van der Waals surface area contributed by atoms with Gasteiger partial charge in [0, 0.05) is 42.8 Å². The molecule has 6 heteroatoms. The molecule has 6 nitrogen and oxygen atoms in total. The molecule has 37 heavy (non-hydrogen) atoms. The summed E-state index contributed by atoms with van der Waals surface area (Å²) >= 11 is 0. The minimum absolute atomic E-state index is 0.0262. The lowest BCUT2D eigenvalue weighted by atomic mass is 9.85. The maximum atomic E-state index is 13.2. The smallest absolute Gasteiger partial charge is 0.167 e. The number of hydrogen-bond donors (Lipinski definition) is 0. The Bertz CT molecular complexity index is 1580. The monoisotopic (exact) mass is 485 g/mol. The highest BCUT2D eigenvalue weighted by atomic mass is 16.1. The van der Waals surface area contributed by atoms with Crippen molar-refractivity contribution in [1.29, 1.82) is 5.26 Å². The Kier molecular flexibility index (Phi) is 6.45. The molecule has 4 aromatic rings. The molecule has 0 unspecified atom stereocenters. The number of nitrogens with zero attached hydrogens (tertiary/aromatic N) is 5. The SMILES string of the molecule is Cc1ccc(CC(=O)c2cccc(C(C)(C)C#N)c2)cc1Cc1ncccc1-c1ncnc2c1N=CC2. The van der Waals surface area contributed by atoms with E-state index in [1.807, 2.05) is 62.5 Å². The first-order chi connectivity index (χ1) is 17.9. The molecule has 0 bridgehead atoms. The third-order valence-electron chi connectivity index (χ3n) is 6.87. The standard InChI is InChI=1S/C31H27N5O/c1-20-9-10-21(15-28(37)22-6-4-7-24(16-22)31(2,3)18-32)14-23(20)17-27-25(8-5-12-33-27)29-30-26(11-13-34-30)35-19-36-29/h4-10,12-14,16,19H,11,15,17H2,1-3H3. The van der Waals surface area contributed by atoms with Crippen LogP contribution >= 0.6 is 0 Å². The molecule has 0 amide bonds. The zero-order chi connectivity index (χ0) is 26.0. The van der Waals surface area contributed by atoms with Gasteiger partial charge in [-0.1, -0.05) is 36.4 Å². The molecule has 0 radical (unpaired) electrons. The number of nitriles is 1. The van der Waals surface area contributed by atoms with Gasteiger partial charge in [0.15, 0.2) is 5.78 Å². The first-order valence-electron chi connectivity index (χ1n) is 12.3. The van der Waals surface area contributed by atoms with Crippen molar-refractivity contribution in [2.45, 2.75) is 45.4 Å². The first-order valence-corrected chi connectivity index (χ1v) is 12.3. The van der Waals surface area contributed by atoms with Gasteiger partial charge in [-0.3, -0.25) is 14.8 Å². The first kappa shape index (κ1) is 24.2. The number of aliphatic imine (C=N–C) groups is 1. The van der Waals surface area contributed by atoms with Crippen LogP contribution in [0.1, 0.15) is 57.8 Å². The van der Waals surface area contributed by atoms with Crippen molar-refractivity contribution in [3.8, 4) is 17.3 Å². The Hall–Kier alpha value is -4.50. The lowest BCUT2D eigenvalue weighted by Gasteiger charge is -2.16. The topological polar surface area (TPSA) is 91.9 Å². The second-order valence-corrected chi connectivity index (χ2v) is 9.89. The average Bonchev–Trinajstić information content (AvgIpc) is 3.40. The highest BCUT2D eigenvalue weighted by Gasteiger charge is 2.21. The molecule has 1 aliphatic heterocycles. The van der Waals surface area contributed by atoms with E-state index in [1.165, 1.54) is 0 Å². The van der Waals surface area contributed by atoms with Gasteiger partial charge in [0.05, 0.1) is 22.9 Å². The van der Waals surface area contributed by atoms with Crippen molar-refractivity contribution in [2.75, 3.05) is 0 Å². The van der Waals surface area contributed by atoms with Gasteiger partial charge in [0.2, 0.25) is 0 Å². The average molecular weight is 486 g/mol. The van der Waals surface area contributed by atoms with Crippen LogP contribution in [0.3, 0.4) is 0 Å². The zero-order valence-corrected chi connectivity index (χ0v) is 21.2. The summed E-state index contributed by atoms with van der Waals surface area (Å²) in [6.45, 7) is 5.79. The molecule has 0 N–H and O–H groups in total. The second kappa shape index (κ2) is 9.87. The second-order valence-electron chi connectivity index (χ2n) is 9.89. The summed E-state index contributed by atoms with van der Waals surface area (Å²) in [5.41, 5.74) is 8.39. The Morgan fingerprint density at radius 1 is 1.05 bits per heavy atom. The third kappa shape index (κ3) is 4.94. The molecule has 0 saturated heterocycles.